The third-order valence-corrected chi connectivity index (χ3v) is 4.39. The van der Waals surface area contributed by atoms with Crippen LogP contribution in [0, 0.1) is 17.3 Å². The zero-order valence-electron chi connectivity index (χ0n) is 11.4. The molecule has 4 atom stereocenters. The molecule has 2 fully saturated rings. The molecule has 2 nitrogen and oxygen atoms in total. The van der Waals surface area contributed by atoms with Crippen LogP contribution >= 0.6 is 0 Å². The van der Waals surface area contributed by atoms with E-state index in [0.717, 1.165) is 18.4 Å². The van der Waals surface area contributed by atoms with Crippen LogP contribution in [-0.2, 0) is 4.74 Å². The Morgan fingerprint density at radius 1 is 1.31 bits per heavy atom. The smallest absolute Gasteiger partial charge is 0.0685 e. The SMILES string of the molecule is CC(C)CC(C)NC1C2CCOC2C1(C)C. The molecule has 1 aliphatic heterocycles. The topological polar surface area (TPSA) is 21.3 Å². The van der Waals surface area contributed by atoms with Crippen molar-refractivity contribution in [3.8, 4) is 0 Å². The normalized spacial score (nSPS) is 38.2. The Kier molecular flexibility index (Phi) is 3.33. The highest BCUT2D eigenvalue weighted by molar-refractivity contribution is 5.11. The van der Waals surface area contributed by atoms with Gasteiger partial charge in [-0.3, -0.25) is 0 Å². The largest absolute Gasteiger partial charge is 0.377 e. The number of fused-ring (bicyclic) bond motifs is 1. The van der Waals surface area contributed by atoms with Crippen molar-refractivity contribution in [2.24, 2.45) is 17.3 Å². The van der Waals surface area contributed by atoms with Crippen LogP contribution in [0.5, 0.6) is 0 Å². The predicted molar refractivity (Wildman–Crippen MR) is 67.5 cm³/mol. The highest BCUT2D eigenvalue weighted by atomic mass is 16.5. The zero-order valence-corrected chi connectivity index (χ0v) is 11.4. The summed E-state index contributed by atoms with van der Waals surface area (Å²) >= 11 is 0. The van der Waals surface area contributed by atoms with E-state index < -0.39 is 0 Å². The molecule has 16 heavy (non-hydrogen) atoms. The molecule has 2 rings (SSSR count). The van der Waals surface area contributed by atoms with E-state index in [0.29, 0.717) is 23.6 Å². The van der Waals surface area contributed by atoms with Crippen LogP contribution in [0.25, 0.3) is 0 Å². The van der Waals surface area contributed by atoms with Crippen molar-refractivity contribution in [3.05, 3.63) is 0 Å². The van der Waals surface area contributed by atoms with Gasteiger partial charge >= 0.3 is 0 Å². The van der Waals surface area contributed by atoms with Crippen LogP contribution < -0.4 is 5.32 Å². The van der Waals surface area contributed by atoms with Crippen molar-refractivity contribution in [1.82, 2.24) is 5.32 Å². The Labute approximate surface area is 100 Å². The molecule has 0 amide bonds. The summed E-state index contributed by atoms with van der Waals surface area (Å²) in [4.78, 5) is 0. The molecule has 2 heteroatoms. The Bertz CT molecular complexity index is 249. The summed E-state index contributed by atoms with van der Waals surface area (Å²) in [6, 6.07) is 1.29. The van der Waals surface area contributed by atoms with E-state index in [9.17, 15) is 0 Å². The summed E-state index contributed by atoms with van der Waals surface area (Å²) < 4.78 is 5.82. The average Bonchev–Trinajstić information content (AvgIpc) is 2.59. The molecule has 1 aliphatic carbocycles. The minimum Gasteiger partial charge on any atom is -0.377 e. The first-order valence-electron chi connectivity index (χ1n) is 6.80. The van der Waals surface area contributed by atoms with Gasteiger partial charge in [-0.1, -0.05) is 27.7 Å². The lowest BCUT2D eigenvalue weighted by atomic mass is 9.57. The van der Waals surface area contributed by atoms with E-state index in [2.05, 4.69) is 39.9 Å². The standard InChI is InChI=1S/C14H27NO/c1-9(2)8-10(3)15-12-11-6-7-16-13(11)14(12,4)5/h9-13,15H,6-8H2,1-5H3. The van der Waals surface area contributed by atoms with E-state index in [4.69, 9.17) is 4.74 Å². The summed E-state index contributed by atoms with van der Waals surface area (Å²) in [5.74, 6) is 1.55. The molecule has 0 aromatic heterocycles. The third kappa shape index (κ3) is 2.02. The minimum absolute atomic E-state index is 0.326. The fourth-order valence-corrected chi connectivity index (χ4v) is 3.74. The summed E-state index contributed by atoms with van der Waals surface area (Å²) in [6.07, 6.45) is 3.03. The van der Waals surface area contributed by atoms with Crippen molar-refractivity contribution >= 4 is 0 Å². The summed E-state index contributed by atoms with van der Waals surface area (Å²) in [5, 5.41) is 3.83. The molecule has 4 unspecified atom stereocenters. The van der Waals surface area contributed by atoms with Gasteiger partial charge in [-0.25, -0.2) is 0 Å². The Morgan fingerprint density at radius 2 is 2.00 bits per heavy atom. The summed E-state index contributed by atoms with van der Waals surface area (Å²) in [5.41, 5.74) is 0.326. The Balaban J connectivity index is 1.90. The molecule has 2 aliphatic rings. The summed E-state index contributed by atoms with van der Waals surface area (Å²) in [6.45, 7) is 12.6. The molecule has 0 aromatic carbocycles. The first-order chi connectivity index (χ1) is 7.43. The average molecular weight is 225 g/mol. The maximum Gasteiger partial charge on any atom is 0.0685 e. The fraction of sp³-hybridized carbons (Fsp3) is 1.00. The van der Waals surface area contributed by atoms with Gasteiger partial charge in [0, 0.05) is 30.0 Å². The van der Waals surface area contributed by atoms with Gasteiger partial charge in [0.1, 0.15) is 0 Å². The van der Waals surface area contributed by atoms with E-state index in [1.807, 2.05) is 0 Å². The molecular weight excluding hydrogens is 198 g/mol. The lowest BCUT2D eigenvalue weighted by Gasteiger charge is -2.55. The van der Waals surface area contributed by atoms with Gasteiger partial charge in [-0.15, -0.1) is 0 Å². The van der Waals surface area contributed by atoms with Crippen LogP contribution in [0.3, 0.4) is 0 Å². The number of rotatable bonds is 4. The van der Waals surface area contributed by atoms with Crippen molar-refractivity contribution in [1.29, 1.82) is 0 Å². The maximum atomic E-state index is 5.82. The molecule has 1 heterocycles. The molecule has 0 aromatic rings. The second-order valence-electron chi connectivity index (χ2n) is 6.74. The van der Waals surface area contributed by atoms with Crippen LogP contribution in [0.1, 0.15) is 47.5 Å². The Morgan fingerprint density at radius 3 is 2.62 bits per heavy atom. The van der Waals surface area contributed by atoms with Crippen LogP contribution in [0.4, 0.5) is 0 Å². The predicted octanol–water partition coefficient (Wildman–Crippen LogP) is 2.82. The van der Waals surface area contributed by atoms with Crippen molar-refractivity contribution in [2.75, 3.05) is 6.61 Å². The van der Waals surface area contributed by atoms with Crippen LogP contribution in [0.15, 0.2) is 0 Å². The monoisotopic (exact) mass is 225 g/mol. The van der Waals surface area contributed by atoms with Gasteiger partial charge < -0.3 is 10.1 Å². The molecule has 0 radical (unpaired) electrons. The molecule has 1 N–H and O–H groups in total. The van der Waals surface area contributed by atoms with Gasteiger partial charge in [-0.2, -0.15) is 0 Å². The highest BCUT2D eigenvalue weighted by Gasteiger charge is 2.59. The van der Waals surface area contributed by atoms with Crippen molar-refractivity contribution in [2.45, 2.75) is 65.6 Å². The van der Waals surface area contributed by atoms with Crippen molar-refractivity contribution in [3.63, 3.8) is 0 Å². The lowest BCUT2D eigenvalue weighted by Crippen LogP contribution is -2.67. The van der Waals surface area contributed by atoms with Gasteiger partial charge in [0.05, 0.1) is 6.10 Å². The van der Waals surface area contributed by atoms with E-state index in [1.54, 1.807) is 0 Å². The fourth-order valence-electron chi connectivity index (χ4n) is 3.74. The van der Waals surface area contributed by atoms with E-state index >= 15 is 0 Å². The van der Waals surface area contributed by atoms with Crippen LogP contribution in [0.2, 0.25) is 0 Å². The van der Waals surface area contributed by atoms with E-state index in [-0.39, 0.29) is 0 Å². The van der Waals surface area contributed by atoms with Gasteiger partial charge in [0.25, 0.3) is 0 Å². The minimum atomic E-state index is 0.326. The third-order valence-electron chi connectivity index (χ3n) is 4.39. The molecule has 0 spiro atoms. The number of hydrogen-bond acceptors (Lipinski definition) is 2. The number of nitrogens with one attached hydrogen (secondary N) is 1. The van der Waals surface area contributed by atoms with Gasteiger partial charge in [0.2, 0.25) is 0 Å². The second kappa shape index (κ2) is 4.30. The number of ether oxygens (including phenoxy) is 1. The highest BCUT2D eigenvalue weighted by Crippen LogP contribution is 2.52. The molecule has 0 bridgehead atoms. The number of hydrogen-bond donors (Lipinski definition) is 1. The first-order valence-corrected chi connectivity index (χ1v) is 6.80. The molecule has 94 valence electrons. The van der Waals surface area contributed by atoms with Gasteiger partial charge in [0.15, 0.2) is 0 Å². The lowest BCUT2D eigenvalue weighted by molar-refractivity contribution is -0.115. The molecular formula is C14H27NO. The second-order valence-corrected chi connectivity index (χ2v) is 6.74. The molecule has 1 saturated carbocycles. The molecule has 1 saturated heterocycles. The quantitative estimate of drug-likeness (QED) is 0.794. The van der Waals surface area contributed by atoms with Gasteiger partial charge in [-0.05, 0) is 25.7 Å². The van der Waals surface area contributed by atoms with Crippen LogP contribution in [-0.4, -0.2) is 24.8 Å². The van der Waals surface area contributed by atoms with Crippen molar-refractivity contribution < 1.29 is 4.74 Å². The zero-order chi connectivity index (χ0) is 11.9. The maximum absolute atomic E-state index is 5.82. The Hall–Kier alpha value is -0.0800. The first kappa shape index (κ1) is 12.4. The van der Waals surface area contributed by atoms with E-state index in [1.165, 1.54) is 12.8 Å². The summed E-state index contributed by atoms with van der Waals surface area (Å²) in [7, 11) is 0.